The van der Waals surface area contributed by atoms with Crippen molar-refractivity contribution in [2.24, 2.45) is 74.0 Å². The maximum absolute atomic E-state index is 13.7. The molecule has 1 heterocycles. The number of hydrogen-bond donors (Lipinski definition) is 13. The normalized spacial score (nSPS) is 13.3. The molecule has 1 aromatic carbocycles. The van der Waals surface area contributed by atoms with Gasteiger partial charge in [-0.15, -0.1) is 0 Å². The van der Waals surface area contributed by atoms with E-state index in [4.69, 9.17) is 34.4 Å². The van der Waals surface area contributed by atoms with Gasteiger partial charge in [0.1, 0.15) is 11.8 Å². The van der Waals surface area contributed by atoms with Gasteiger partial charge >= 0.3 is 0 Å². The van der Waals surface area contributed by atoms with Gasteiger partial charge in [0.25, 0.3) is 0 Å². The van der Waals surface area contributed by atoms with E-state index in [0.29, 0.717) is 70.2 Å². The lowest BCUT2D eigenvalue weighted by atomic mass is 9.88. The first-order valence-electron chi connectivity index (χ1n) is 34.6. The molecule has 0 bridgehead atoms. The van der Waals surface area contributed by atoms with Gasteiger partial charge in [0.2, 0.25) is 35.4 Å². The lowest BCUT2D eigenvalue weighted by molar-refractivity contribution is -0.134. The number of aromatic amines is 1. The number of unbranched alkanes of at least 4 members (excludes halogenated alkanes) is 13. The number of H-pyrrole nitrogens is 1. The van der Waals surface area contributed by atoms with E-state index >= 15 is 0 Å². The number of Topliss-reactive ketones (excluding diaryl/α,β-unsaturated/α-hetero) is 4. The van der Waals surface area contributed by atoms with E-state index in [-0.39, 0.29) is 117 Å². The van der Waals surface area contributed by atoms with Crippen LogP contribution in [0.5, 0.6) is 0 Å². The van der Waals surface area contributed by atoms with E-state index in [1.165, 1.54) is 64.8 Å². The molecule has 19 N–H and O–H groups in total. The monoisotopic (exact) mass is 1350 g/mol. The molecule has 0 fully saturated rings. The largest absolute Gasteiger partial charge is 0.394 e. The smallest absolute Gasteiger partial charge is 0.240 e. The van der Waals surface area contributed by atoms with Crippen molar-refractivity contribution in [1.29, 1.82) is 0 Å². The molecule has 0 saturated heterocycles. The van der Waals surface area contributed by atoms with Crippen LogP contribution in [0.2, 0.25) is 0 Å². The molecule has 26 heteroatoms. The molecular weight excluding hydrogens is 1230 g/mol. The fraction of sp³-hybridized carbons (Fsp3) is 0.710. The molecule has 0 aliphatic carbocycles. The Kier molecular flexibility index (Phi) is 47.4. The van der Waals surface area contributed by atoms with Crippen LogP contribution in [-0.4, -0.2) is 151 Å². The summed E-state index contributed by atoms with van der Waals surface area (Å²) in [6.07, 6.45) is 24.0. The van der Waals surface area contributed by atoms with Crippen LogP contribution in [0.1, 0.15) is 213 Å². The molecule has 0 saturated carbocycles. The molecule has 25 nitrogen and oxygen atoms in total. The van der Waals surface area contributed by atoms with Crippen molar-refractivity contribution in [2.45, 2.75) is 232 Å². The summed E-state index contributed by atoms with van der Waals surface area (Å²) in [5.74, 6) is -5.07. The molecule has 538 valence electrons. The number of carbonyl (C=O) groups excluding carboxylic acids is 10. The van der Waals surface area contributed by atoms with Crippen LogP contribution in [0.25, 0.3) is 10.9 Å². The molecule has 2 aromatic rings. The molecule has 95 heavy (non-hydrogen) atoms. The lowest BCUT2D eigenvalue weighted by Crippen LogP contribution is -2.47. The first-order valence-corrected chi connectivity index (χ1v) is 36.0. The molecule has 0 aliphatic rings. The molecule has 0 radical (unpaired) electrons. The number of aliphatic hydroxyl groups is 1. The summed E-state index contributed by atoms with van der Waals surface area (Å²) in [6, 6.07) is 4.67. The Morgan fingerprint density at radius 3 is 1.71 bits per heavy atom. The Balaban J connectivity index is 0.000000965. The number of hydrogen-bond acceptors (Lipinski definition) is 15. The average molecular weight is 1350 g/mol. The Morgan fingerprint density at radius 2 is 1.14 bits per heavy atom. The predicted octanol–water partition coefficient (Wildman–Crippen LogP) is 5.72. The van der Waals surface area contributed by atoms with Crippen molar-refractivity contribution < 1.29 is 53.1 Å². The van der Waals surface area contributed by atoms with Gasteiger partial charge in [0, 0.05) is 106 Å². The molecule has 1 aromatic heterocycles. The average Bonchev–Trinajstić information content (AvgIpc) is 3.08. The van der Waals surface area contributed by atoms with E-state index in [2.05, 4.69) is 48.5 Å². The first-order chi connectivity index (χ1) is 45.4. The van der Waals surface area contributed by atoms with E-state index < -0.39 is 66.0 Å². The number of fused-ring (bicyclic) bond motifs is 1. The number of carbonyl (C=O) groups is 10. The minimum atomic E-state index is -1.25. The summed E-state index contributed by atoms with van der Waals surface area (Å²) < 4.78 is 0. The zero-order valence-corrected chi connectivity index (χ0v) is 58.9. The van der Waals surface area contributed by atoms with Crippen molar-refractivity contribution in [1.82, 2.24) is 31.6 Å². The fourth-order valence-corrected chi connectivity index (χ4v) is 11.6. The lowest BCUT2D eigenvalue weighted by Gasteiger charge is -2.24. The highest BCUT2D eigenvalue weighted by Crippen LogP contribution is 2.25. The molecular formula is C69H120N14O11S. The number of aliphatic imine (C=N–C) groups is 2. The number of primary amides is 1. The number of nitrogens with zero attached hydrogens (tertiary/aromatic N) is 2. The van der Waals surface area contributed by atoms with E-state index in [9.17, 15) is 53.1 Å². The van der Waals surface area contributed by atoms with Gasteiger partial charge in [0.05, 0.1) is 25.2 Å². The van der Waals surface area contributed by atoms with Crippen LogP contribution in [0.4, 0.5) is 0 Å². The van der Waals surface area contributed by atoms with Crippen LogP contribution in [0, 0.1) is 29.6 Å². The number of aromatic nitrogens is 1. The number of rotatable bonds is 55. The Bertz CT molecular complexity index is 2660. The maximum Gasteiger partial charge on any atom is 0.240 e. The second-order valence-electron chi connectivity index (χ2n) is 25.4. The number of guanidine groups is 2. The summed E-state index contributed by atoms with van der Waals surface area (Å²) in [4.78, 5) is 140. The number of aliphatic hydroxyl groups excluding tert-OH is 1. The topological polar surface area (TPSA) is 448 Å². The van der Waals surface area contributed by atoms with Crippen LogP contribution in [0.3, 0.4) is 0 Å². The summed E-state index contributed by atoms with van der Waals surface area (Å²) in [5.41, 5.74) is 34.6. The number of amides is 6. The zero-order valence-electron chi connectivity index (χ0n) is 58.1. The van der Waals surface area contributed by atoms with Crippen LogP contribution >= 0.6 is 11.8 Å². The third-order valence-electron chi connectivity index (χ3n) is 16.7. The third kappa shape index (κ3) is 40.3. The van der Waals surface area contributed by atoms with Crippen molar-refractivity contribution in [2.75, 3.05) is 51.8 Å². The van der Waals surface area contributed by atoms with E-state index in [1.807, 2.05) is 57.5 Å². The highest BCUT2D eigenvalue weighted by atomic mass is 32.2. The number of nitrogens with one attached hydrogen (secondary N) is 6. The predicted molar refractivity (Wildman–Crippen MR) is 379 cm³/mol. The van der Waals surface area contributed by atoms with Crippen molar-refractivity contribution in [3.63, 3.8) is 0 Å². The Morgan fingerprint density at radius 1 is 0.568 bits per heavy atom. The van der Waals surface area contributed by atoms with Crippen LogP contribution in [0.15, 0.2) is 40.4 Å². The Labute approximate surface area is 569 Å². The van der Waals surface area contributed by atoms with E-state index in [0.717, 1.165) is 48.6 Å². The number of ketones is 4. The van der Waals surface area contributed by atoms with Crippen molar-refractivity contribution >= 4 is 93.2 Å². The summed E-state index contributed by atoms with van der Waals surface area (Å²) in [5, 5.41) is 23.9. The van der Waals surface area contributed by atoms with Gasteiger partial charge in [-0.05, 0) is 93.9 Å². The molecule has 0 aliphatic heterocycles. The number of thioether (sulfide) groups is 1. The van der Waals surface area contributed by atoms with Gasteiger partial charge in [-0.1, -0.05) is 129 Å². The molecule has 0 spiro atoms. The van der Waals surface area contributed by atoms with Gasteiger partial charge in [-0.2, -0.15) is 11.8 Å². The maximum atomic E-state index is 13.7. The SMILES string of the molecule is CCCCCCCCCCCCCCCC(=O)NCC(=O)N[C@@H](CO)C(=O)CCC(=O)N[C@@H](CCCN=C(N)N)C(=O)C[C@@H](CC(C)C)C(=O)NC.CSCC[C@H](CC(=O)[C@H](Cc1c[nH]c2ccccc12)NC(=O)[C@H](CCCCN)CC(=O)[C@@H](C)CCCN=C(N)N)C(N)=O. The van der Waals surface area contributed by atoms with Crippen LogP contribution < -0.4 is 61.0 Å². The van der Waals surface area contributed by atoms with Crippen LogP contribution in [-0.2, 0) is 54.4 Å². The molecule has 0 unspecified atom stereocenters. The number of benzene rings is 1. The second-order valence-corrected chi connectivity index (χ2v) is 26.4. The zero-order chi connectivity index (χ0) is 70.9. The minimum absolute atomic E-state index is 0.0127. The quantitative estimate of drug-likeness (QED) is 0.0214. The second kappa shape index (κ2) is 52.3. The minimum Gasteiger partial charge on any atom is -0.394 e. The molecule has 7 atom stereocenters. The first kappa shape index (κ1) is 86.1. The van der Waals surface area contributed by atoms with Crippen molar-refractivity contribution in [3.8, 4) is 0 Å². The standard InChI is InChI=1S/C38H71N7O7.C31H49N7O4S/c1-5-6-7-8-9-10-11-12-13-14-15-16-17-20-34(49)43-26-36(51)45-31(27-46)32(47)21-22-35(50)44-30(19-18-23-42-38(39)40)33(48)25-29(24-28(2)3)37(52)41-4;1-20(8-7-14-36-31(34)35)27(39)18-22(9-5-6-13-32)30(42)38-26(28(40)17-21(29(33)41)12-15-43-2)16-23-19-37-25-11-4-3-10-24(23)25/h28-31,46H,5-27H2,1-4H3,(H,41,52)(H,43,49)(H,44,50)(H,45,51)(H4,39,40,42);3-4,10-11,19-22,26,37H,5-9,12-18,32H2,1-2H3,(H2,33,41)(H,38,42)(H4,34,35,36)/t29-,30+,31+;20-,21+,22+,26-/m10/s1. The van der Waals surface area contributed by atoms with E-state index in [1.54, 1.807) is 11.8 Å². The third-order valence-corrected chi connectivity index (χ3v) is 17.4. The van der Waals surface area contributed by atoms with Gasteiger partial charge in [-0.3, -0.25) is 57.9 Å². The number of para-hydroxylation sites is 1. The molecule has 2 rings (SSSR count). The summed E-state index contributed by atoms with van der Waals surface area (Å²) in [7, 11) is 1.51. The Hall–Kier alpha value is -6.93. The highest BCUT2D eigenvalue weighted by Gasteiger charge is 2.32. The highest BCUT2D eigenvalue weighted by molar-refractivity contribution is 7.98. The molecule has 6 amide bonds. The van der Waals surface area contributed by atoms with Gasteiger partial charge in [-0.25, -0.2) is 0 Å². The summed E-state index contributed by atoms with van der Waals surface area (Å²) in [6.45, 7) is 8.11. The van der Waals surface area contributed by atoms with Crippen molar-refractivity contribution in [3.05, 3.63) is 36.0 Å². The number of nitrogens with two attached hydrogens (primary N) is 6. The van der Waals surface area contributed by atoms with Gasteiger partial charge in [0.15, 0.2) is 29.3 Å². The van der Waals surface area contributed by atoms with Gasteiger partial charge < -0.3 is 71.1 Å². The fourth-order valence-electron chi connectivity index (χ4n) is 11.1. The summed E-state index contributed by atoms with van der Waals surface area (Å²) >= 11 is 1.58.